The van der Waals surface area contributed by atoms with Crippen LogP contribution in [0.15, 0.2) is 12.2 Å². The molecule has 0 bridgehead atoms. The SMILES string of the molecule is CC=CCOC1CCCO1. The van der Waals surface area contributed by atoms with Crippen LogP contribution in [0.1, 0.15) is 19.8 Å². The fraction of sp³-hybridized carbons (Fsp3) is 0.750. The molecule has 0 aromatic carbocycles. The van der Waals surface area contributed by atoms with Gasteiger partial charge in [-0.3, -0.25) is 0 Å². The molecule has 0 aromatic rings. The van der Waals surface area contributed by atoms with Gasteiger partial charge in [0.1, 0.15) is 0 Å². The van der Waals surface area contributed by atoms with E-state index < -0.39 is 0 Å². The number of rotatable bonds is 3. The van der Waals surface area contributed by atoms with Gasteiger partial charge in [-0.2, -0.15) is 0 Å². The summed E-state index contributed by atoms with van der Waals surface area (Å²) < 4.78 is 10.6. The molecule has 2 heteroatoms. The van der Waals surface area contributed by atoms with Crippen molar-refractivity contribution in [2.75, 3.05) is 13.2 Å². The van der Waals surface area contributed by atoms with Crippen molar-refractivity contribution >= 4 is 0 Å². The van der Waals surface area contributed by atoms with Crippen molar-refractivity contribution in [1.82, 2.24) is 0 Å². The summed E-state index contributed by atoms with van der Waals surface area (Å²) in [4.78, 5) is 0. The first-order chi connectivity index (χ1) is 4.93. The van der Waals surface area contributed by atoms with Gasteiger partial charge in [0.05, 0.1) is 6.61 Å². The van der Waals surface area contributed by atoms with E-state index in [-0.39, 0.29) is 6.29 Å². The van der Waals surface area contributed by atoms with Gasteiger partial charge in [-0.1, -0.05) is 12.2 Å². The average Bonchev–Trinajstić information content (AvgIpc) is 2.41. The second-order valence-electron chi connectivity index (χ2n) is 2.34. The van der Waals surface area contributed by atoms with E-state index in [1.807, 2.05) is 19.1 Å². The lowest BCUT2D eigenvalue weighted by atomic mass is 10.4. The van der Waals surface area contributed by atoms with Crippen LogP contribution in [0.25, 0.3) is 0 Å². The second kappa shape index (κ2) is 4.47. The molecule has 1 atom stereocenters. The number of allylic oxidation sites excluding steroid dienone is 1. The predicted octanol–water partition coefficient (Wildman–Crippen LogP) is 1.72. The first-order valence-electron chi connectivity index (χ1n) is 3.78. The predicted molar refractivity (Wildman–Crippen MR) is 39.7 cm³/mol. The lowest BCUT2D eigenvalue weighted by molar-refractivity contribution is -0.101. The van der Waals surface area contributed by atoms with E-state index in [4.69, 9.17) is 9.47 Å². The molecule has 0 amide bonds. The molecular formula is C8H14O2. The maximum atomic E-state index is 5.33. The first-order valence-corrected chi connectivity index (χ1v) is 3.78. The molecular weight excluding hydrogens is 128 g/mol. The van der Waals surface area contributed by atoms with Gasteiger partial charge in [0, 0.05) is 13.0 Å². The Morgan fingerprint density at radius 1 is 1.70 bits per heavy atom. The fourth-order valence-electron chi connectivity index (χ4n) is 0.939. The zero-order valence-corrected chi connectivity index (χ0v) is 6.38. The van der Waals surface area contributed by atoms with Gasteiger partial charge in [0.2, 0.25) is 0 Å². The van der Waals surface area contributed by atoms with E-state index in [0.29, 0.717) is 6.61 Å². The van der Waals surface area contributed by atoms with Crippen molar-refractivity contribution < 1.29 is 9.47 Å². The van der Waals surface area contributed by atoms with E-state index in [1.54, 1.807) is 0 Å². The zero-order valence-electron chi connectivity index (χ0n) is 6.38. The molecule has 0 radical (unpaired) electrons. The van der Waals surface area contributed by atoms with Gasteiger partial charge in [-0.25, -0.2) is 0 Å². The minimum Gasteiger partial charge on any atom is -0.353 e. The summed E-state index contributed by atoms with van der Waals surface area (Å²) in [6.07, 6.45) is 6.23. The summed E-state index contributed by atoms with van der Waals surface area (Å²) in [5.41, 5.74) is 0. The third-order valence-corrected chi connectivity index (χ3v) is 1.50. The van der Waals surface area contributed by atoms with Gasteiger partial charge < -0.3 is 9.47 Å². The number of ether oxygens (including phenoxy) is 2. The van der Waals surface area contributed by atoms with Crippen molar-refractivity contribution in [1.29, 1.82) is 0 Å². The van der Waals surface area contributed by atoms with Crippen LogP contribution in [0.4, 0.5) is 0 Å². The largest absolute Gasteiger partial charge is 0.353 e. The molecule has 1 aliphatic rings. The van der Waals surface area contributed by atoms with Crippen LogP contribution in [-0.4, -0.2) is 19.5 Å². The quantitative estimate of drug-likeness (QED) is 0.558. The Hall–Kier alpha value is -0.340. The van der Waals surface area contributed by atoms with Crippen molar-refractivity contribution in [3.63, 3.8) is 0 Å². The minimum absolute atomic E-state index is 0.0659. The molecule has 1 heterocycles. The van der Waals surface area contributed by atoms with E-state index >= 15 is 0 Å². The normalized spacial score (nSPS) is 26.3. The van der Waals surface area contributed by atoms with Crippen molar-refractivity contribution in [2.45, 2.75) is 26.1 Å². The lowest BCUT2D eigenvalue weighted by Gasteiger charge is -2.07. The monoisotopic (exact) mass is 142 g/mol. The molecule has 1 fully saturated rings. The van der Waals surface area contributed by atoms with E-state index in [0.717, 1.165) is 19.4 Å². The molecule has 1 saturated heterocycles. The Balaban J connectivity index is 2.01. The Bertz CT molecular complexity index is 104. The average molecular weight is 142 g/mol. The molecule has 1 rings (SSSR count). The highest BCUT2D eigenvalue weighted by Gasteiger charge is 2.14. The van der Waals surface area contributed by atoms with E-state index in [2.05, 4.69) is 0 Å². The van der Waals surface area contributed by atoms with Gasteiger partial charge in [0.15, 0.2) is 6.29 Å². The fourth-order valence-corrected chi connectivity index (χ4v) is 0.939. The lowest BCUT2D eigenvalue weighted by Crippen LogP contribution is -2.09. The summed E-state index contributed by atoms with van der Waals surface area (Å²) in [6.45, 7) is 3.53. The van der Waals surface area contributed by atoms with Crippen LogP contribution in [0.3, 0.4) is 0 Å². The van der Waals surface area contributed by atoms with Crippen molar-refractivity contribution in [3.8, 4) is 0 Å². The Labute approximate surface area is 61.8 Å². The highest BCUT2D eigenvalue weighted by atomic mass is 16.7. The van der Waals surface area contributed by atoms with Crippen LogP contribution in [0, 0.1) is 0 Å². The Kier molecular flexibility index (Phi) is 3.47. The molecule has 0 aliphatic carbocycles. The smallest absolute Gasteiger partial charge is 0.158 e. The minimum atomic E-state index is 0.0659. The molecule has 0 spiro atoms. The van der Waals surface area contributed by atoms with Crippen LogP contribution < -0.4 is 0 Å². The molecule has 0 saturated carbocycles. The topological polar surface area (TPSA) is 18.5 Å². The van der Waals surface area contributed by atoms with Gasteiger partial charge >= 0.3 is 0 Å². The molecule has 0 N–H and O–H groups in total. The summed E-state index contributed by atoms with van der Waals surface area (Å²) in [5.74, 6) is 0. The summed E-state index contributed by atoms with van der Waals surface area (Å²) in [6, 6.07) is 0. The molecule has 2 nitrogen and oxygen atoms in total. The van der Waals surface area contributed by atoms with Crippen LogP contribution in [0.5, 0.6) is 0 Å². The highest BCUT2D eigenvalue weighted by molar-refractivity contribution is 4.76. The zero-order chi connectivity index (χ0) is 7.23. The maximum Gasteiger partial charge on any atom is 0.158 e. The number of hydrogen-bond acceptors (Lipinski definition) is 2. The van der Waals surface area contributed by atoms with Gasteiger partial charge in [-0.05, 0) is 13.3 Å². The van der Waals surface area contributed by atoms with E-state index in [1.165, 1.54) is 0 Å². The van der Waals surface area contributed by atoms with Crippen molar-refractivity contribution in [2.24, 2.45) is 0 Å². The second-order valence-corrected chi connectivity index (χ2v) is 2.34. The molecule has 1 unspecified atom stereocenters. The molecule has 10 heavy (non-hydrogen) atoms. The first kappa shape index (κ1) is 7.76. The third-order valence-electron chi connectivity index (χ3n) is 1.50. The summed E-state index contributed by atoms with van der Waals surface area (Å²) in [5, 5.41) is 0. The van der Waals surface area contributed by atoms with Gasteiger partial charge in [0.25, 0.3) is 0 Å². The van der Waals surface area contributed by atoms with Crippen molar-refractivity contribution in [3.05, 3.63) is 12.2 Å². The molecule has 0 aromatic heterocycles. The van der Waals surface area contributed by atoms with Crippen LogP contribution in [-0.2, 0) is 9.47 Å². The Morgan fingerprint density at radius 3 is 3.20 bits per heavy atom. The van der Waals surface area contributed by atoms with E-state index in [9.17, 15) is 0 Å². The highest BCUT2D eigenvalue weighted by Crippen LogP contribution is 2.12. The van der Waals surface area contributed by atoms with Gasteiger partial charge in [-0.15, -0.1) is 0 Å². The third kappa shape index (κ3) is 2.50. The Morgan fingerprint density at radius 2 is 2.60 bits per heavy atom. The van der Waals surface area contributed by atoms with Crippen LogP contribution in [0.2, 0.25) is 0 Å². The maximum absolute atomic E-state index is 5.33. The number of hydrogen-bond donors (Lipinski definition) is 0. The molecule has 58 valence electrons. The van der Waals surface area contributed by atoms with Crippen LogP contribution >= 0.6 is 0 Å². The molecule has 1 aliphatic heterocycles. The summed E-state index contributed by atoms with van der Waals surface area (Å²) >= 11 is 0. The summed E-state index contributed by atoms with van der Waals surface area (Å²) in [7, 11) is 0. The standard InChI is InChI=1S/C8H14O2/c1-2-3-6-9-8-5-4-7-10-8/h2-3,8H,4-7H2,1H3.